The molecule has 0 radical (unpaired) electrons. The van der Waals surface area contributed by atoms with E-state index < -0.39 is 0 Å². The molecule has 0 spiro atoms. The van der Waals surface area contributed by atoms with E-state index in [1.807, 2.05) is 12.1 Å². The molecule has 1 aromatic heterocycles. The maximum atomic E-state index is 5.16. The van der Waals surface area contributed by atoms with E-state index in [1.54, 1.807) is 13.3 Å². The number of anilines is 1. The lowest BCUT2D eigenvalue weighted by Crippen LogP contribution is -2.31. The molecule has 0 fully saturated rings. The fourth-order valence-corrected chi connectivity index (χ4v) is 1.28. The van der Waals surface area contributed by atoms with E-state index in [9.17, 15) is 0 Å². The number of pyridine rings is 1. The Morgan fingerprint density at radius 3 is 2.94 bits per heavy atom. The summed E-state index contributed by atoms with van der Waals surface area (Å²) >= 11 is 5.14. The van der Waals surface area contributed by atoms with Crippen molar-refractivity contribution in [1.82, 2.24) is 10.3 Å². The van der Waals surface area contributed by atoms with Gasteiger partial charge in [-0.3, -0.25) is 0 Å². The van der Waals surface area contributed by atoms with Crippen LogP contribution in [-0.4, -0.2) is 23.8 Å². The average molecular weight is 239 g/mol. The van der Waals surface area contributed by atoms with Crippen LogP contribution in [0.5, 0.6) is 5.75 Å². The van der Waals surface area contributed by atoms with Crippen LogP contribution in [0.3, 0.4) is 0 Å². The molecule has 0 aliphatic carbocycles. The minimum atomic E-state index is 0.547. The summed E-state index contributed by atoms with van der Waals surface area (Å²) < 4.78 is 5.16. The van der Waals surface area contributed by atoms with Gasteiger partial charge in [-0.2, -0.15) is 0 Å². The topological polar surface area (TPSA) is 46.2 Å². The van der Waals surface area contributed by atoms with E-state index in [4.69, 9.17) is 17.0 Å². The molecule has 4 nitrogen and oxygen atoms in total. The Hall–Kier alpha value is -1.36. The van der Waals surface area contributed by atoms with Crippen molar-refractivity contribution in [3.63, 3.8) is 0 Å². The van der Waals surface area contributed by atoms with Crippen LogP contribution >= 0.6 is 12.2 Å². The molecule has 2 N–H and O–H groups in total. The van der Waals surface area contributed by atoms with Gasteiger partial charge in [0.15, 0.2) is 16.7 Å². The number of nitrogens with zero attached hydrogens (tertiary/aromatic N) is 1. The van der Waals surface area contributed by atoms with Gasteiger partial charge in [-0.1, -0.05) is 13.8 Å². The second-order valence-electron chi connectivity index (χ2n) is 3.78. The van der Waals surface area contributed by atoms with Crippen LogP contribution in [0.1, 0.15) is 13.8 Å². The summed E-state index contributed by atoms with van der Waals surface area (Å²) in [5.41, 5.74) is 0. The summed E-state index contributed by atoms with van der Waals surface area (Å²) in [6.45, 7) is 5.08. The molecular formula is C11H17N3OS. The SMILES string of the molecule is COc1cccnc1NC(=S)NCC(C)C. The van der Waals surface area contributed by atoms with E-state index in [1.165, 1.54) is 0 Å². The molecule has 0 aliphatic rings. The van der Waals surface area contributed by atoms with Crippen molar-refractivity contribution in [2.75, 3.05) is 19.0 Å². The van der Waals surface area contributed by atoms with Gasteiger partial charge in [0.05, 0.1) is 7.11 Å². The number of hydrogen-bond acceptors (Lipinski definition) is 3. The van der Waals surface area contributed by atoms with Gasteiger partial charge in [-0.05, 0) is 30.3 Å². The lowest BCUT2D eigenvalue weighted by atomic mass is 10.2. The number of thiocarbonyl (C=S) groups is 1. The van der Waals surface area contributed by atoms with Crippen LogP contribution in [0.25, 0.3) is 0 Å². The molecule has 1 aromatic rings. The summed E-state index contributed by atoms with van der Waals surface area (Å²) in [6.07, 6.45) is 1.69. The third-order valence-electron chi connectivity index (χ3n) is 1.89. The molecule has 0 saturated heterocycles. The van der Waals surface area contributed by atoms with Crippen LogP contribution in [0.2, 0.25) is 0 Å². The van der Waals surface area contributed by atoms with Crippen LogP contribution < -0.4 is 15.4 Å². The maximum Gasteiger partial charge on any atom is 0.174 e. The largest absolute Gasteiger partial charge is 0.493 e. The number of hydrogen-bond donors (Lipinski definition) is 2. The molecular weight excluding hydrogens is 222 g/mol. The van der Waals surface area contributed by atoms with Crippen molar-refractivity contribution in [2.45, 2.75) is 13.8 Å². The van der Waals surface area contributed by atoms with Gasteiger partial charge in [0.1, 0.15) is 0 Å². The number of rotatable bonds is 4. The third kappa shape index (κ3) is 4.02. The Kier molecular flexibility index (Phi) is 4.98. The number of ether oxygens (including phenoxy) is 1. The summed E-state index contributed by atoms with van der Waals surface area (Å²) in [6, 6.07) is 3.65. The first-order valence-electron chi connectivity index (χ1n) is 5.17. The number of nitrogens with one attached hydrogen (secondary N) is 2. The first kappa shape index (κ1) is 12.7. The summed E-state index contributed by atoms with van der Waals surface area (Å²) in [7, 11) is 1.60. The van der Waals surface area contributed by atoms with E-state index in [-0.39, 0.29) is 0 Å². The van der Waals surface area contributed by atoms with Crippen molar-refractivity contribution in [2.24, 2.45) is 5.92 Å². The summed E-state index contributed by atoms with van der Waals surface area (Å²) in [5, 5.41) is 6.67. The van der Waals surface area contributed by atoms with Gasteiger partial charge in [0.2, 0.25) is 0 Å². The molecule has 16 heavy (non-hydrogen) atoms. The fraction of sp³-hybridized carbons (Fsp3) is 0.455. The first-order chi connectivity index (χ1) is 7.63. The predicted molar refractivity (Wildman–Crippen MR) is 69.9 cm³/mol. The highest BCUT2D eigenvalue weighted by atomic mass is 32.1. The Morgan fingerprint density at radius 2 is 2.31 bits per heavy atom. The van der Waals surface area contributed by atoms with Crippen molar-refractivity contribution in [3.8, 4) is 5.75 Å². The van der Waals surface area contributed by atoms with Crippen molar-refractivity contribution >= 4 is 23.1 Å². The standard InChI is InChI=1S/C11H17N3OS/c1-8(2)7-13-11(16)14-10-9(15-3)5-4-6-12-10/h4-6,8H,7H2,1-3H3,(H2,12,13,14,16). The Labute approximate surface area is 101 Å². The van der Waals surface area contributed by atoms with E-state index in [2.05, 4.69) is 29.5 Å². The zero-order valence-corrected chi connectivity index (χ0v) is 10.6. The van der Waals surface area contributed by atoms with Crippen LogP contribution in [0, 0.1) is 5.92 Å². The lowest BCUT2D eigenvalue weighted by molar-refractivity contribution is 0.415. The summed E-state index contributed by atoms with van der Waals surface area (Å²) in [5.74, 6) is 1.85. The number of aromatic nitrogens is 1. The van der Waals surface area contributed by atoms with E-state index >= 15 is 0 Å². The molecule has 0 bridgehead atoms. The molecule has 0 aliphatic heterocycles. The fourth-order valence-electron chi connectivity index (χ4n) is 1.10. The minimum absolute atomic E-state index is 0.547. The highest BCUT2D eigenvalue weighted by molar-refractivity contribution is 7.80. The van der Waals surface area contributed by atoms with Crippen molar-refractivity contribution in [1.29, 1.82) is 0 Å². The van der Waals surface area contributed by atoms with Crippen molar-refractivity contribution in [3.05, 3.63) is 18.3 Å². The molecule has 0 atom stereocenters. The van der Waals surface area contributed by atoms with Gasteiger partial charge in [0.25, 0.3) is 0 Å². The molecule has 88 valence electrons. The van der Waals surface area contributed by atoms with Crippen LogP contribution in [-0.2, 0) is 0 Å². The minimum Gasteiger partial charge on any atom is -0.493 e. The predicted octanol–water partition coefficient (Wildman–Crippen LogP) is 2.03. The molecule has 1 heterocycles. The maximum absolute atomic E-state index is 5.16. The third-order valence-corrected chi connectivity index (χ3v) is 2.14. The quantitative estimate of drug-likeness (QED) is 0.787. The Morgan fingerprint density at radius 1 is 1.56 bits per heavy atom. The molecule has 0 unspecified atom stereocenters. The highest BCUT2D eigenvalue weighted by Crippen LogP contribution is 2.19. The summed E-state index contributed by atoms with van der Waals surface area (Å²) in [4.78, 5) is 4.15. The van der Waals surface area contributed by atoms with Gasteiger partial charge in [0, 0.05) is 12.7 Å². The Bertz CT molecular complexity index is 355. The average Bonchev–Trinajstić information content (AvgIpc) is 2.27. The molecule has 0 aromatic carbocycles. The van der Waals surface area contributed by atoms with E-state index in [0.717, 1.165) is 6.54 Å². The number of methoxy groups -OCH3 is 1. The molecule has 0 saturated carbocycles. The second-order valence-corrected chi connectivity index (χ2v) is 4.19. The zero-order chi connectivity index (χ0) is 12.0. The molecule has 5 heteroatoms. The van der Waals surface area contributed by atoms with Gasteiger partial charge >= 0.3 is 0 Å². The second kappa shape index (κ2) is 6.27. The van der Waals surface area contributed by atoms with E-state index in [0.29, 0.717) is 22.6 Å². The monoisotopic (exact) mass is 239 g/mol. The van der Waals surface area contributed by atoms with Gasteiger partial charge in [-0.15, -0.1) is 0 Å². The van der Waals surface area contributed by atoms with Gasteiger partial charge < -0.3 is 15.4 Å². The lowest BCUT2D eigenvalue weighted by Gasteiger charge is -2.13. The smallest absolute Gasteiger partial charge is 0.174 e. The highest BCUT2D eigenvalue weighted by Gasteiger charge is 2.05. The first-order valence-corrected chi connectivity index (χ1v) is 5.58. The Balaban J connectivity index is 2.55. The van der Waals surface area contributed by atoms with Crippen LogP contribution in [0.15, 0.2) is 18.3 Å². The van der Waals surface area contributed by atoms with Gasteiger partial charge in [-0.25, -0.2) is 4.98 Å². The normalized spacial score (nSPS) is 10.0. The van der Waals surface area contributed by atoms with Crippen molar-refractivity contribution < 1.29 is 4.74 Å². The molecule has 1 rings (SSSR count). The molecule has 0 amide bonds. The van der Waals surface area contributed by atoms with Crippen LogP contribution in [0.4, 0.5) is 5.82 Å². The zero-order valence-electron chi connectivity index (χ0n) is 9.78.